The Kier molecular flexibility index (Phi) is 7.23. The van der Waals surface area contributed by atoms with Crippen molar-refractivity contribution in [2.75, 3.05) is 7.11 Å². The van der Waals surface area contributed by atoms with Crippen LogP contribution in [0.15, 0.2) is 41.7 Å². The summed E-state index contributed by atoms with van der Waals surface area (Å²) in [5.74, 6) is 4.61. The van der Waals surface area contributed by atoms with Crippen LogP contribution in [0.1, 0.15) is 41.0 Å². The van der Waals surface area contributed by atoms with E-state index in [4.69, 9.17) is 16.4 Å². The molecule has 1 aromatic heterocycles. The average molecular weight is 424 g/mol. The number of oxime groups is 1. The van der Waals surface area contributed by atoms with Crippen LogP contribution in [0.5, 0.6) is 0 Å². The number of hydrogen-bond donors (Lipinski definition) is 1. The second kappa shape index (κ2) is 9.43. The van der Waals surface area contributed by atoms with Crippen LogP contribution in [-0.2, 0) is 11.0 Å². The van der Waals surface area contributed by atoms with Crippen molar-refractivity contribution in [3.05, 3.63) is 63.9 Å². The number of amides is 1. The highest BCUT2D eigenvalue weighted by Crippen LogP contribution is 2.31. The maximum absolute atomic E-state index is 13.2. The highest BCUT2D eigenvalue weighted by molar-refractivity contribution is 6.34. The van der Waals surface area contributed by atoms with Crippen LogP contribution in [0.2, 0.25) is 5.02 Å². The van der Waals surface area contributed by atoms with Crippen LogP contribution in [0, 0.1) is 11.8 Å². The number of carbonyl (C=O) groups excluding carboxylic acids is 1. The van der Waals surface area contributed by atoms with Crippen LogP contribution in [0.4, 0.5) is 13.2 Å². The van der Waals surface area contributed by atoms with Gasteiger partial charge in [0.2, 0.25) is 0 Å². The van der Waals surface area contributed by atoms with Crippen molar-refractivity contribution in [1.82, 2.24) is 10.3 Å². The molecule has 1 N–H and O–H groups in total. The van der Waals surface area contributed by atoms with Crippen LogP contribution in [0.3, 0.4) is 0 Å². The van der Waals surface area contributed by atoms with Gasteiger partial charge in [-0.3, -0.25) is 9.78 Å². The Balaban J connectivity index is 2.34. The molecule has 2 rings (SSSR count). The summed E-state index contributed by atoms with van der Waals surface area (Å²) in [6, 6.07) is 6.05. The maximum atomic E-state index is 13.2. The third-order valence-electron chi connectivity index (χ3n) is 3.79. The monoisotopic (exact) mass is 423 g/mol. The number of aromatic nitrogens is 1. The highest BCUT2D eigenvalue weighted by Gasteiger charge is 2.36. The summed E-state index contributed by atoms with van der Waals surface area (Å²) in [5.41, 5.74) is -0.511. The van der Waals surface area contributed by atoms with Gasteiger partial charge < -0.3 is 10.2 Å². The van der Waals surface area contributed by atoms with Crippen molar-refractivity contribution in [3.8, 4) is 11.8 Å². The van der Waals surface area contributed by atoms with E-state index >= 15 is 0 Å². The fourth-order valence-electron chi connectivity index (χ4n) is 2.55. The summed E-state index contributed by atoms with van der Waals surface area (Å²) in [4.78, 5) is 20.9. The molecule has 1 amide bonds. The molecule has 0 radical (unpaired) electrons. The Morgan fingerprint density at radius 2 is 2.07 bits per heavy atom. The van der Waals surface area contributed by atoms with E-state index in [-0.39, 0.29) is 5.71 Å². The Morgan fingerprint density at radius 1 is 1.34 bits per heavy atom. The van der Waals surface area contributed by atoms with E-state index in [9.17, 15) is 18.0 Å². The number of nitrogens with one attached hydrogen (secondary N) is 1. The topological polar surface area (TPSA) is 63.6 Å². The number of halogens is 4. The molecule has 0 aliphatic carbocycles. The number of rotatable bonds is 5. The summed E-state index contributed by atoms with van der Waals surface area (Å²) in [5, 5.41) is 6.65. The first kappa shape index (κ1) is 22.2. The van der Waals surface area contributed by atoms with E-state index in [1.54, 1.807) is 32.0 Å². The van der Waals surface area contributed by atoms with Gasteiger partial charge in [-0.2, -0.15) is 13.2 Å². The average Bonchev–Trinajstić information content (AvgIpc) is 2.66. The zero-order chi connectivity index (χ0) is 21.6. The molecular formula is C20H17ClF3N3O2. The van der Waals surface area contributed by atoms with Crippen molar-refractivity contribution in [3.63, 3.8) is 0 Å². The standard InChI is InChI=1S/C20H17ClF3N3O2/c1-4-6-13-8-9-14(16(21)11-13)17(27-29-3)12(2)26-19(28)18-15(20(22,23)24)7-5-10-25-18/h5,7-12H,1-3H3,(H,26,28)/b27-17-. The molecule has 0 saturated heterocycles. The van der Waals surface area contributed by atoms with Gasteiger partial charge in [0.15, 0.2) is 0 Å². The molecule has 2 aromatic rings. The van der Waals surface area contributed by atoms with Gasteiger partial charge in [-0.1, -0.05) is 28.7 Å². The Bertz CT molecular complexity index is 994. The molecule has 1 aromatic carbocycles. The van der Waals surface area contributed by atoms with Crippen molar-refractivity contribution >= 4 is 23.2 Å². The Hall–Kier alpha value is -3.05. The molecule has 0 saturated carbocycles. The third kappa shape index (κ3) is 5.48. The van der Waals surface area contributed by atoms with Gasteiger partial charge in [-0.25, -0.2) is 0 Å². The Labute approximate surface area is 170 Å². The van der Waals surface area contributed by atoms with Gasteiger partial charge in [-0.15, -0.1) is 5.92 Å². The summed E-state index contributed by atoms with van der Waals surface area (Å²) in [6.45, 7) is 3.23. The van der Waals surface area contributed by atoms with Crippen LogP contribution in [-0.4, -0.2) is 29.8 Å². The first-order valence-corrected chi connectivity index (χ1v) is 8.73. The minimum Gasteiger partial charge on any atom is -0.399 e. The van der Waals surface area contributed by atoms with Crippen molar-refractivity contribution in [1.29, 1.82) is 0 Å². The highest BCUT2D eigenvalue weighted by atomic mass is 35.5. The summed E-state index contributed by atoms with van der Waals surface area (Å²) in [7, 11) is 1.31. The summed E-state index contributed by atoms with van der Waals surface area (Å²) < 4.78 is 39.5. The zero-order valence-corrected chi connectivity index (χ0v) is 16.5. The summed E-state index contributed by atoms with van der Waals surface area (Å²) in [6.07, 6.45) is -3.60. The summed E-state index contributed by atoms with van der Waals surface area (Å²) >= 11 is 6.30. The normalized spacial score (nSPS) is 12.6. The van der Waals surface area contributed by atoms with Gasteiger partial charge in [0.05, 0.1) is 16.6 Å². The molecule has 0 bridgehead atoms. The van der Waals surface area contributed by atoms with Crippen LogP contribution < -0.4 is 5.32 Å². The van der Waals surface area contributed by atoms with Gasteiger partial charge in [0, 0.05) is 17.3 Å². The molecule has 1 unspecified atom stereocenters. The van der Waals surface area contributed by atoms with Crippen LogP contribution in [0.25, 0.3) is 0 Å². The van der Waals surface area contributed by atoms with Gasteiger partial charge in [0.25, 0.3) is 5.91 Å². The third-order valence-corrected chi connectivity index (χ3v) is 4.10. The van der Waals surface area contributed by atoms with Gasteiger partial charge >= 0.3 is 6.18 Å². The van der Waals surface area contributed by atoms with E-state index in [0.717, 1.165) is 18.3 Å². The minimum atomic E-state index is -4.72. The van der Waals surface area contributed by atoms with Crippen molar-refractivity contribution in [2.24, 2.45) is 5.16 Å². The molecule has 152 valence electrons. The van der Waals surface area contributed by atoms with Crippen LogP contribution >= 0.6 is 11.6 Å². The van der Waals surface area contributed by atoms with E-state index in [1.807, 2.05) is 0 Å². The molecule has 0 aliphatic heterocycles. The second-order valence-electron chi connectivity index (χ2n) is 5.82. The number of nitrogens with zero attached hydrogens (tertiary/aromatic N) is 2. The lowest BCUT2D eigenvalue weighted by atomic mass is 10.0. The zero-order valence-electron chi connectivity index (χ0n) is 15.8. The number of benzene rings is 1. The van der Waals surface area contributed by atoms with Crippen molar-refractivity contribution < 1.29 is 22.8 Å². The molecule has 29 heavy (non-hydrogen) atoms. The Morgan fingerprint density at radius 3 is 2.66 bits per heavy atom. The fourth-order valence-corrected chi connectivity index (χ4v) is 2.83. The molecule has 1 atom stereocenters. The molecule has 0 aliphatic rings. The number of hydrogen-bond acceptors (Lipinski definition) is 4. The molecular weight excluding hydrogens is 407 g/mol. The molecule has 0 spiro atoms. The van der Waals surface area contributed by atoms with E-state index in [1.165, 1.54) is 7.11 Å². The lowest BCUT2D eigenvalue weighted by molar-refractivity contribution is -0.138. The number of pyridine rings is 1. The lowest BCUT2D eigenvalue weighted by Gasteiger charge is -2.18. The number of carbonyl (C=O) groups is 1. The van der Waals surface area contributed by atoms with E-state index in [2.05, 4.69) is 27.3 Å². The maximum Gasteiger partial charge on any atom is 0.418 e. The molecule has 0 fully saturated rings. The minimum absolute atomic E-state index is 0.228. The van der Waals surface area contributed by atoms with E-state index in [0.29, 0.717) is 16.1 Å². The lowest BCUT2D eigenvalue weighted by Crippen LogP contribution is -2.40. The smallest absolute Gasteiger partial charge is 0.399 e. The quantitative estimate of drug-likeness (QED) is 0.443. The SMILES string of the molecule is CC#Cc1ccc(/C(=N\OC)C(C)NC(=O)c2ncccc2C(F)(F)F)c(Cl)c1. The molecule has 5 nitrogen and oxygen atoms in total. The first-order chi connectivity index (χ1) is 13.7. The second-order valence-corrected chi connectivity index (χ2v) is 6.23. The number of alkyl halides is 3. The van der Waals surface area contributed by atoms with Crippen molar-refractivity contribution in [2.45, 2.75) is 26.1 Å². The van der Waals surface area contributed by atoms with Gasteiger partial charge in [0.1, 0.15) is 18.5 Å². The first-order valence-electron chi connectivity index (χ1n) is 8.35. The van der Waals surface area contributed by atoms with Gasteiger partial charge in [-0.05, 0) is 38.1 Å². The predicted molar refractivity (Wildman–Crippen MR) is 104 cm³/mol. The predicted octanol–water partition coefficient (Wildman–Crippen LogP) is 4.29. The largest absolute Gasteiger partial charge is 0.418 e. The molecule has 1 heterocycles. The molecule has 9 heteroatoms. The fraction of sp³-hybridized carbons (Fsp3) is 0.250. The van der Waals surface area contributed by atoms with E-state index < -0.39 is 29.4 Å².